The van der Waals surface area contributed by atoms with E-state index >= 15 is 0 Å². The van der Waals surface area contributed by atoms with Gasteiger partial charge in [0, 0.05) is 17.4 Å². The first-order valence-corrected chi connectivity index (χ1v) is 4.92. The first-order chi connectivity index (χ1) is 5.11. The molecule has 1 aliphatic carbocycles. The van der Waals surface area contributed by atoms with Gasteiger partial charge in [-0.1, -0.05) is 33.1 Å². The molecule has 0 bridgehead atoms. The number of hydrogen-bond acceptors (Lipinski definition) is 0. The van der Waals surface area contributed by atoms with Crippen molar-refractivity contribution in [3.63, 3.8) is 0 Å². The molecule has 1 saturated carbocycles. The molecule has 1 aliphatic rings. The van der Waals surface area contributed by atoms with Gasteiger partial charge in [-0.05, 0) is 11.8 Å². The molecule has 2 atom stereocenters. The summed E-state index contributed by atoms with van der Waals surface area (Å²) < 4.78 is 0. The van der Waals surface area contributed by atoms with Gasteiger partial charge in [-0.2, -0.15) is 19.8 Å². The van der Waals surface area contributed by atoms with Crippen LogP contribution in [0, 0.1) is 23.7 Å². The van der Waals surface area contributed by atoms with E-state index in [-0.39, 0.29) is 17.4 Å². The first kappa shape index (κ1) is 12.5. The summed E-state index contributed by atoms with van der Waals surface area (Å²) in [6, 6.07) is 0. The van der Waals surface area contributed by atoms with Crippen LogP contribution < -0.4 is 0 Å². The summed E-state index contributed by atoms with van der Waals surface area (Å²) in [7, 11) is 0. The van der Waals surface area contributed by atoms with Gasteiger partial charge >= 0.3 is 0 Å². The largest absolute Gasteiger partial charge is 0.316 e. The van der Waals surface area contributed by atoms with Gasteiger partial charge in [-0.15, -0.1) is 0 Å². The van der Waals surface area contributed by atoms with Crippen LogP contribution in [-0.4, -0.2) is 0 Å². The molecule has 0 N–H and O–H groups in total. The standard InChI is InChI=1S/C11H21.Cr/c1-8(2)11-7-9(3)5-6-10(11)4;/h8,10-11H,5-7H2,1-4H3;/q-1;/t10-,11+;/m0./s1. The summed E-state index contributed by atoms with van der Waals surface area (Å²) in [6.07, 6.45) is 4.19. The van der Waals surface area contributed by atoms with E-state index in [9.17, 15) is 0 Å². The quantitative estimate of drug-likeness (QED) is 0.573. The van der Waals surface area contributed by atoms with E-state index in [1.807, 2.05) is 0 Å². The Morgan fingerprint density at radius 1 is 1.33 bits per heavy atom. The van der Waals surface area contributed by atoms with Crippen molar-refractivity contribution < 1.29 is 17.4 Å². The third-order valence-electron chi connectivity index (χ3n) is 3.20. The average Bonchev–Trinajstić information content (AvgIpc) is 1.94. The molecule has 0 amide bonds. The van der Waals surface area contributed by atoms with E-state index < -0.39 is 0 Å². The maximum Gasteiger partial charge on any atom is 0 e. The normalized spacial score (nSPS) is 31.8. The Morgan fingerprint density at radius 2 is 1.92 bits per heavy atom. The molecule has 0 spiro atoms. The van der Waals surface area contributed by atoms with Gasteiger partial charge in [-0.3, -0.25) is 0 Å². The SMILES string of the molecule is C[C-]1CC[C@H](C)[C@@H](C(C)C)C1.[Cr]. The molecule has 12 heavy (non-hydrogen) atoms. The van der Waals surface area contributed by atoms with Crippen molar-refractivity contribution in [2.75, 3.05) is 0 Å². The average molecular weight is 205 g/mol. The smallest absolute Gasteiger partial charge is 0 e. The van der Waals surface area contributed by atoms with Crippen LogP contribution in [0.25, 0.3) is 0 Å². The molecule has 0 heterocycles. The Bertz CT molecular complexity index is 120. The third-order valence-corrected chi connectivity index (χ3v) is 3.20. The maximum absolute atomic E-state index is 2.41. The Kier molecular flexibility index (Phi) is 5.54. The van der Waals surface area contributed by atoms with Crippen LogP contribution in [0.3, 0.4) is 0 Å². The van der Waals surface area contributed by atoms with Gasteiger partial charge in [0.15, 0.2) is 0 Å². The number of hydrogen-bond donors (Lipinski definition) is 0. The fourth-order valence-electron chi connectivity index (χ4n) is 2.29. The Hall–Kier alpha value is 0.532. The molecule has 0 unspecified atom stereocenters. The molecule has 1 rings (SSSR count). The zero-order valence-corrected chi connectivity index (χ0v) is 10.0. The predicted octanol–water partition coefficient (Wildman–Crippen LogP) is 3.67. The summed E-state index contributed by atoms with van der Waals surface area (Å²) in [5.74, 6) is 4.52. The zero-order chi connectivity index (χ0) is 8.43. The zero-order valence-electron chi connectivity index (χ0n) is 8.76. The van der Waals surface area contributed by atoms with Gasteiger partial charge in [0.05, 0.1) is 0 Å². The van der Waals surface area contributed by atoms with Gasteiger partial charge in [-0.25, -0.2) is 0 Å². The van der Waals surface area contributed by atoms with Crippen molar-refractivity contribution in [1.82, 2.24) is 0 Å². The Morgan fingerprint density at radius 3 is 2.33 bits per heavy atom. The molecule has 0 nitrogen and oxygen atoms in total. The van der Waals surface area contributed by atoms with E-state index in [1.54, 1.807) is 5.92 Å². The second kappa shape index (κ2) is 5.30. The molecule has 0 radical (unpaired) electrons. The Balaban J connectivity index is 0.00000121. The van der Waals surface area contributed by atoms with Gasteiger partial charge in [0.2, 0.25) is 0 Å². The number of rotatable bonds is 1. The van der Waals surface area contributed by atoms with Crippen LogP contribution in [0.15, 0.2) is 0 Å². The molecule has 0 aromatic heterocycles. The maximum atomic E-state index is 2.41. The summed E-state index contributed by atoms with van der Waals surface area (Å²) >= 11 is 0. The summed E-state index contributed by atoms with van der Waals surface area (Å²) in [5, 5.41) is 0. The molecule has 0 aromatic carbocycles. The molecule has 0 aromatic rings. The fraction of sp³-hybridized carbons (Fsp3) is 0.909. The summed E-state index contributed by atoms with van der Waals surface area (Å²) in [5.41, 5.74) is 0. The van der Waals surface area contributed by atoms with Gasteiger partial charge < -0.3 is 5.92 Å². The summed E-state index contributed by atoms with van der Waals surface area (Å²) in [4.78, 5) is 0. The van der Waals surface area contributed by atoms with Crippen LogP contribution in [0.5, 0.6) is 0 Å². The van der Waals surface area contributed by atoms with Gasteiger partial charge in [0.25, 0.3) is 0 Å². The van der Waals surface area contributed by atoms with Crippen molar-refractivity contribution in [2.24, 2.45) is 17.8 Å². The van der Waals surface area contributed by atoms with Crippen LogP contribution in [0.1, 0.15) is 47.0 Å². The molecular formula is C11H21Cr-. The van der Waals surface area contributed by atoms with Crippen molar-refractivity contribution >= 4 is 0 Å². The van der Waals surface area contributed by atoms with E-state index in [4.69, 9.17) is 0 Å². The first-order valence-electron chi connectivity index (χ1n) is 4.92. The molecule has 0 aliphatic heterocycles. The molecular weight excluding hydrogens is 184 g/mol. The monoisotopic (exact) mass is 205 g/mol. The van der Waals surface area contributed by atoms with Crippen molar-refractivity contribution in [2.45, 2.75) is 47.0 Å². The van der Waals surface area contributed by atoms with Crippen LogP contribution in [-0.2, 0) is 17.4 Å². The molecule has 72 valence electrons. The van der Waals surface area contributed by atoms with Crippen molar-refractivity contribution in [3.05, 3.63) is 5.92 Å². The molecule has 1 fully saturated rings. The second-order valence-electron chi connectivity index (χ2n) is 4.59. The van der Waals surface area contributed by atoms with E-state index in [0.717, 1.165) is 17.8 Å². The Labute approximate surface area is 88.3 Å². The van der Waals surface area contributed by atoms with Crippen molar-refractivity contribution in [3.8, 4) is 0 Å². The van der Waals surface area contributed by atoms with E-state index in [0.29, 0.717) is 0 Å². The van der Waals surface area contributed by atoms with Crippen LogP contribution in [0.4, 0.5) is 0 Å². The topological polar surface area (TPSA) is 0 Å². The van der Waals surface area contributed by atoms with E-state index in [2.05, 4.69) is 27.7 Å². The van der Waals surface area contributed by atoms with Crippen LogP contribution >= 0.6 is 0 Å². The minimum Gasteiger partial charge on any atom is -0.316 e. The summed E-state index contributed by atoms with van der Waals surface area (Å²) in [6.45, 7) is 9.46. The predicted molar refractivity (Wildman–Crippen MR) is 50.3 cm³/mol. The molecule has 1 heteroatoms. The molecule has 0 saturated heterocycles. The third kappa shape index (κ3) is 3.11. The fourth-order valence-corrected chi connectivity index (χ4v) is 2.29. The second-order valence-corrected chi connectivity index (χ2v) is 4.59. The van der Waals surface area contributed by atoms with Crippen LogP contribution in [0.2, 0.25) is 0 Å². The van der Waals surface area contributed by atoms with Crippen molar-refractivity contribution in [1.29, 1.82) is 0 Å². The van der Waals surface area contributed by atoms with Gasteiger partial charge in [0.1, 0.15) is 0 Å². The van der Waals surface area contributed by atoms with E-state index in [1.165, 1.54) is 19.3 Å². The minimum atomic E-state index is 0. The minimum absolute atomic E-state index is 0.